The van der Waals surface area contributed by atoms with E-state index < -0.39 is 17.9 Å². The van der Waals surface area contributed by atoms with Gasteiger partial charge in [-0.25, -0.2) is 4.79 Å². The van der Waals surface area contributed by atoms with Gasteiger partial charge in [-0.05, 0) is 17.0 Å². The van der Waals surface area contributed by atoms with Gasteiger partial charge in [-0.15, -0.1) is 0 Å². The molecule has 0 unspecified atom stereocenters. The smallest absolute Gasteiger partial charge is 0.327 e. The highest BCUT2D eigenvalue weighted by molar-refractivity contribution is 8.14. The minimum Gasteiger partial charge on any atom is -0.480 e. The first-order valence-electron chi connectivity index (χ1n) is 10.2. The number of amides is 1. The fourth-order valence-electron chi connectivity index (χ4n) is 2.72. The Hall–Kier alpha value is -2.25. The van der Waals surface area contributed by atoms with Crippen LogP contribution in [0.5, 0.6) is 0 Å². The average Bonchev–Trinajstić information content (AvgIpc) is 2.77. The lowest BCUT2D eigenvalue weighted by molar-refractivity contribution is -0.141. The molecule has 2 rings (SSSR count). The minimum atomic E-state index is -1.06. The Kier molecular flexibility index (Phi) is 10.1. The van der Waals surface area contributed by atoms with E-state index in [1.807, 2.05) is 6.07 Å². The van der Waals surface area contributed by atoms with Gasteiger partial charge in [-0.3, -0.25) is 9.59 Å². The molecule has 7 heteroatoms. The van der Waals surface area contributed by atoms with Gasteiger partial charge >= 0.3 is 5.97 Å². The van der Waals surface area contributed by atoms with Crippen LogP contribution in [0.1, 0.15) is 48.2 Å². The van der Waals surface area contributed by atoms with E-state index in [1.165, 1.54) is 17.3 Å². The van der Waals surface area contributed by atoms with E-state index in [-0.39, 0.29) is 16.8 Å². The largest absolute Gasteiger partial charge is 0.480 e. The summed E-state index contributed by atoms with van der Waals surface area (Å²) in [5.41, 5.74) is 2.97. The summed E-state index contributed by atoms with van der Waals surface area (Å²) in [6.07, 6.45) is 0. The predicted molar refractivity (Wildman–Crippen MR) is 129 cm³/mol. The number of carboxylic acid groups (broad SMARTS) is 1. The van der Waals surface area contributed by atoms with Gasteiger partial charge in [0.2, 0.25) is 11.0 Å². The van der Waals surface area contributed by atoms with Crippen LogP contribution in [0, 0.1) is 5.92 Å². The summed E-state index contributed by atoms with van der Waals surface area (Å²) in [6.45, 7) is 5.98. The first-order valence-corrected chi connectivity index (χ1v) is 12.3. The zero-order chi connectivity index (χ0) is 22.8. The molecular formula is C24H29NO4S2. The van der Waals surface area contributed by atoms with Crippen molar-refractivity contribution in [3.05, 3.63) is 71.3 Å². The van der Waals surface area contributed by atoms with E-state index in [1.54, 1.807) is 31.2 Å². The van der Waals surface area contributed by atoms with E-state index in [2.05, 4.69) is 43.4 Å². The van der Waals surface area contributed by atoms with Crippen molar-refractivity contribution in [3.63, 3.8) is 0 Å². The second-order valence-electron chi connectivity index (χ2n) is 7.68. The highest BCUT2D eigenvalue weighted by Gasteiger charge is 2.23. The normalized spacial score (nSPS) is 12.9. The molecule has 2 atom stereocenters. The third kappa shape index (κ3) is 8.42. The van der Waals surface area contributed by atoms with Crippen LogP contribution in [-0.4, -0.2) is 39.6 Å². The van der Waals surface area contributed by atoms with E-state index in [0.717, 1.165) is 17.3 Å². The third-order valence-corrected chi connectivity index (χ3v) is 7.01. The SMILES string of the molecule is CC(C)c1ccc(CSC[C@H](NC(=O)[C@H](C)CSC(=O)c2ccccc2)C(=O)O)cc1. The molecule has 0 heterocycles. The van der Waals surface area contributed by atoms with Gasteiger partial charge in [-0.2, -0.15) is 11.8 Å². The molecule has 0 aliphatic rings. The van der Waals surface area contributed by atoms with Crippen LogP contribution < -0.4 is 5.32 Å². The van der Waals surface area contributed by atoms with Crippen LogP contribution in [0.15, 0.2) is 54.6 Å². The molecule has 0 aromatic heterocycles. The highest BCUT2D eigenvalue weighted by atomic mass is 32.2. The summed E-state index contributed by atoms with van der Waals surface area (Å²) in [5, 5.41) is 12.0. The first kappa shape index (κ1) is 25.0. The van der Waals surface area contributed by atoms with Crippen LogP contribution in [0.25, 0.3) is 0 Å². The van der Waals surface area contributed by atoms with E-state index in [9.17, 15) is 19.5 Å². The van der Waals surface area contributed by atoms with E-state index in [4.69, 9.17) is 0 Å². The van der Waals surface area contributed by atoms with Gasteiger partial charge in [0.05, 0.1) is 0 Å². The lowest BCUT2D eigenvalue weighted by atomic mass is 10.0. The molecule has 0 aliphatic carbocycles. The number of benzene rings is 2. The van der Waals surface area contributed by atoms with Crippen molar-refractivity contribution in [2.75, 3.05) is 11.5 Å². The van der Waals surface area contributed by atoms with Gasteiger partial charge in [0.15, 0.2) is 0 Å². The van der Waals surface area contributed by atoms with Crippen LogP contribution in [0.3, 0.4) is 0 Å². The number of hydrogen-bond acceptors (Lipinski definition) is 5. The number of carbonyl (C=O) groups excluding carboxylic acids is 2. The fourth-order valence-corrected chi connectivity index (χ4v) is 4.58. The molecule has 2 N–H and O–H groups in total. The van der Waals surface area contributed by atoms with Crippen molar-refractivity contribution >= 4 is 40.5 Å². The Balaban J connectivity index is 1.79. The summed E-state index contributed by atoms with van der Waals surface area (Å²) in [5.74, 6) is -0.185. The maximum atomic E-state index is 12.4. The number of nitrogens with one attached hydrogen (secondary N) is 1. The molecule has 0 bridgehead atoms. The van der Waals surface area contributed by atoms with E-state index in [0.29, 0.717) is 23.0 Å². The van der Waals surface area contributed by atoms with Gasteiger partial charge in [0, 0.05) is 28.7 Å². The van der Waals surface area contributed by atoms with Crippen molar-refractivity contribution in [1.82, 2.24) is 5.32 Å². The first-order chi connectivity index (χ1) is 14.8. The number of hydrogen-bond donors (Lipinski definition) is 2. The number of rotatable bonds is 11. The zero-order valence-electron chi connectivity index (χ0n) is 18.0. The van der Waals surface area contributed by atoms with Gasteiger partial charge in [-0.1, -0.05) is 87.1 Å². The molecule has 166 valence electrons. The van der Waals surface area contributed by atoms with E-state index >= 15 is 0 Å². The zero-order valence-corrected chi connectivity index (χ0v) is 19.7. The summed E-state index contributed by atoms with van der Waals surface area (Å²) < 4.78 is 0. The summed E-state index contributed by atoms with van der Waals surface area (Å²) in [7, 11) is 0. The van der Waals surface area contributed by atoms with Crippen LogP contribution in [0.2, 0.25) is 0 Å². The molecular weight excluding hydrogens is 430 g/mol. The van der Waals surface area contributed by atoms with Crippen molar-refractivity contribution in [3.8, 4) is 0 Å². The molecule has 0 saturated carbocycles. The summed E-state index contributed by atoms with van der Waals surface area (Å²) >= 11 is 2.54. The molecule has 31 heavy (non-hydrogen) atoms. The molecule has 1 amide bonds. The predicted octanol–water partition coefficient (Wildman–Crippen LogP) is 4.82. The fraction of sp³-hybridized carbons (Fsp3) is 0.375. The molecule has 2 aromatic carbocycles. The quantitative estimate of drug-likeness (QED) is 0.501. The topological polar surface area (TPSA) is 83.5 Å². The van der Waals surface area contributed by atoms with Gasteiger partial charge in [0.1, 0.15) is 6.04 Å². The standard InChI is InChI=1S/C24H29NO4S2/c1-16(2)19-11-9-18(10-12-19)14-30-15-21(23(27)28)25-22(26)17(3)13-31-24(29)20-7-5-4-6-8-20/h4-12,16-17,21H,13-15H2,1-3H3,(H,25,26)(H,27,28)/t17-,21+/m1/s1. The van der Waals surface area contributed by atoms with Crippen LogP contribution >= 0.6 is 23.5 Å². The monoisotopic (exact) mass is 459 g/mol. The van der Waals surface area contributed by atoms with Crippen LogP contribution in [0.4, 0.5) is 0 Å². The molecule has 5 nitrogen and oxygen atoms in total. The molecule has 0 saturated heterocycles. The summed E-state index contributed by atoms with van der Waals surface area (Å²) in [4.78, 5) is 36.2. The number of carboxylic acids is 1. The average molecular weight is 460 g/mol. The highest BCUT2D eigenvalue weighted by Crippen LogP contribution is 2.19. The van der Waals surface area contributed by atoms with Crippen molar-refractivity contribution in [2.24, 2.45) is 5.92 Å². The van der Waals surface area contributed by atoms with Crippen molar-refractivity contribution < 1.29 is 19.5 Å². The number of aliphatic carboxylic acids is 1. The second kappa shape index (κ2) is 12.6. The molecule has 0 fully saturated rings. The lowest BCUT2D eigenvalue weighted by Crippen LogP contribution is -2.45. The molecule has 0 aliphatic heterocycles. The molecule has 0 spiro atoms. The Labute approximate surface area is 192 Å². The minimum absolute atomic E-state index is 0.103. The van der Waals surface area contributed by atoms with Gasteiger partial charge < -0.3 is 10.4 Å². The third-order valence-electron chi connectivity index (χ3n) is 4.74. The Morgan fingerprint density at radius 2 is 1.58 bits per heavy atom. The Bertz CT molecular complexity index is 869. The number of carbonyl (C=O) groups is 3. The Morgan fingerprint density at radius 3 is 2.16 bits per heavy atom. The maximum Gasteiger partial charge on any atom is 0.327 e. The van der Waals surface area contributed by atoms with Crippen LogP contribution in [-0.2, 0) is 15.3 Å². The van der Waals surface area contributed by atoms with Gasteiger partial charge in [0.25, 0.3) is 0 Å². The molecule has 0 radical (unpaired) electrons. The van der Waals surface area contributed by atoms with Crippen molar-refractivity contribution in [2.45, 2.75) is 38.5 Å². The van der Waals surface area contributed by atoms with Crippen molar-refractivity contribution in [1.29, 1.82) is 0 Å². The summed E-state index contributed by atoms with van der Waals surface area (Å²) in [6, 6.07) is 16.2. The lowest BCUT2D eigenvalue weighted by Gasteiger charge is -2.17. The number of thioether (sulfide) groups is 2. The molecule has 2 aromatic rings. The Morgan fingerprint density at radius 1 is 0.935 bits per heavy atom. The second-order valence-corrected chi connectivity index (χ2v) is 9.70. The maximum absolute atomic E-state index is 12.4.